The van der Waals surface area contributed by atoms with E-state index in [4.69, 9.17) is 5.73 Å². The number of benzene rings is 1. The lowest BCUT2D eigenvalue weighted by molar-refractivity contribution is 0.528. The highest BCUT2D eigenvalue weighted by Crippen LogP contribution is 2.30. The summed E-state index contributed by atoms with van der Waals surface area (Å²) in [4.78, 5) is 2.53. The van der Waals surface area contributed by atoms with Gasteiger partial charge in [0.15, 0.2) is 0 Å². The molecule has 1 heterocycles. The zero-order valence-corrected chi connectivity index (χ0v) is 11.1. The van der Waals surface area contributed by atoms with Gasteiger partial charge in [-0.15, -0.1) is 0 Å². The first-order valence-electron chi connectivity index (χ1n) is 6.82. The summed E-state index contributed by atoms with van der Waals surface area (Å²) in [6.45, 7) is 6.34. The van der Waals surface area contributed by atoms with E-state index < -0.39 is 0 Å². The van der Waals surface area contributed by atoms with Gasteiger partial charge in [-0.05, 0) is 37.8 Å². The van der Waals surface area contributed by atoms with E-state index in [-0.39, 0.29) is 0 Å². The first-order valence-corrected chi connectivity index (χ1v) is 6.82. The van der Waals surface area contributed by atoms with Crippen molar-refractivity contribution in [2.45, 2.75) is 45.6 Å². The highest BCUT2D eigenvalue weighted by Gasteiger charge is 2.22. The molecule has 0 aromatic heterocycles. The summed E-state index contributed by atoms with van der Waals surface area (Å²) in [6.07, 6.45) is 4.89. The van der Waals surface area contributed by atoms with Gasteiger partial charge in [-0.1, -0.05) is 31.0 Å². The second-order valence-electron chi connectivity index (χ2n) is 5.11. The maximum absolute atomic E-state index is 5.94. The molecule has 1 aliphatic rings. The van der Waals surface area contributed by atoms with E-state index >= 15 is 0 Å². The van der Waals surface area contributed by atoms with E-state index in [9.17, 15) is 0 Å². The molecule has 1 aromatic rings. The topological polar surface area (TPSA) is 29.3 Å². The molecule has 94 valence electrons. The van der Waals surface area contributed by atoms with Crippen LogP contribution in [0.5, 0.6) is 0 Å². The highest BCUT2D eigenvalue weighted by molar-refractivity contribution is 5.57. The van der Waals surface area contributed by atoms with Crippen LogP contribution in [0.2, 0.25) is 0 Å². The first-order chi connectivity index (χ1) is 8.26. The molecule has 0 spiro atoms. The fraction of sp³-hybridized carbons (Fsp3) is 0.600. The number of hydrogen-bond acceptors (Lipinski definition) is 2. The summed E-state index contributed by atoms with van der Waals surface area (Å²) < 4.78 is 0. The largest absolute Gasteiger partial charge is 0.367 e. The van der Waals surface area contributed by atoms with Gasteiger partial charge >= 0.3 is 0 Å². The summed E-state index contributed by atoms with van der Waals surface area (Å²) in [5.74, 6) is 0. The Hall–Kier alpha value is -1.02. The van der Waals surface area contributed by atoms with Crippen molar-refractivity contribution in [3.8, 4) is 0 Å². The van der Waals surface area contributed by atoms with Crippen LogP contribution in [0.15, 0.2) is 18.2 Å². The molecule has 0 amide bonds. The quantitative estimate of drug-likeness (QED) is 0.865. The van der Waals surface area contributed by atoms with Gasteiger partial charge in [-0.25, -0.2) is 0 Å². The summed E-state index contributed by atoms with van der Waals surface area (Å²) >= 11 is 0. The van der Waals surface area contributed by atoms with Gasteiger partial charge in [0.25, 0.3) is 0 Å². The van der Waals surface area contributed by atoms with Gasteiger partial charge < -0.3 is 10.6 Å². The van der Waals surface area contributed by atoms with Crippen molar-refractivity contribution in [1.82, 2.24) is 0 Å². The maximum Gasteiger partial charge on any atom is 0.0412 e. The average Bonchev–Trinajstić information content (AvgIpc) is 2.35. The molecule has 0 saturated carbocycles. The van der Waals surface area contributed by atoms with Gasteiger partial charge in [-0.3, -0.25) is 0 Å². The zero-order chi connectivity index (χ0) is 12.3. The Morgan fingerprint density at radius 3 is 2.94 bits per heavy atom. The Morgan fingerprint density at radius 1 is 1.41 bits per heavy atom. The third kappa shape index (κ3) is 2.63. The van der Waals surface area contributed by atoms with Crippen LogP contribution in [-0.2, 0) is 6.42 Å². The molecule has 2 rings (SSSR count). The van der Waals surface area contributed by atoms with E-state index in [1.54, 1.807) is 0 Å². The molecule has 2 N–H and O–H groups in total. The lowest BCUT2D eigenvalue weighted by atomic mass is 9.97. The van der Waals surface area contributed by atoms with Crippen LogP contribution in [0.1, 0.15) is 37.3 Å². The Morgan fingerprint density at radius 2 is 2.24 bits per heavy atom. The Kier molecular flexibility index (Phi) is 4.06. The van der Waals surface area contributed by atoms with Gasteiger partial charge in [0.1, 0.15) is 0 Å². The molecule has 0 aliphatic carbocycles. The van der Waals surface area contributed by atoms with Crippen LogP contribution in [0, 0.1) is 6.92 Å². The van der Waals surface area contributed by atoms with Crippen LogP contribution < -0.4 is 10.6 Å². The predicted octanol–water partition coefficient (Wildman–Crippen LogP) is 2.88. The molecule has 1 aliphatic heterocycles. The second kappa shape index (κ2) is 5.54. The number of hydrogen-bond donors (Lipinski definition) is 1. The van der Waals surface area contributed by atoms with Crippen LogP contribution in [0.3, 0.4) is 0 Å². The number of rotatable bonds is 4. The molecule has 0 fully saturated rings. The van der Waals surface area contributed by atoms with E-state index in [0.29, 0.717) is 6.04 Å². The van der Waals surface area contributed by atoms with E-state index in [1.165, 1.54) is 42.5 Å². The standard InChI is InChI=1S/C15H24N2/c1-3-5-14(11-16)17-9-4-6-13-10-12(2)7-8-15(13)17/h7-8,10,14H,3-6,9,11,16H2,1-2H3. The van der Waals surface area contributed by atoms with E-state index in [0.717, 1.165) is 13.1 Å². The molecule has 1 aromatic carbocycles. The third-order valence-corrected chi connectivity index (χ3v) is 3.72. The fourth-order valence-electron chi connectivity index (χ4n) is 2.87. The van der Waals surface area contributed by atoms with Crippen molar-refractivity contribution < 1.29 is 0 Å². The molecule has 2 heteroatoms. The van der Waals surface area contributed by atoms with Gasteiger partial charge in [0.05, 0.1) is 0 Å². The van der Waals surface area contributed by atoms with Crippen molar-refractivity contribution in [3.05, 3.63) is 29.3 Å². The molecule has 2 nitrogen and oxygen atoms in total. The molecule has 0 saturated heterocycles. The smallest absolute Gasteiger partial charge is 0.0412 e. The Balaban J connectivity index is 2.27. The summed E-state index contributed by atoms with van der Waals surface area (Å²) in [5.41, 5.74) is 10.2. The van der Waals surface area contributed by atoms with Crippen molar-refractivity contribution in [2.24, 2.45) is 5.73 Å². The van der Waals surface area contributed by atoms with Crippen molar-refractivity contribution in [2.75, 3.05) is 18.0 Å². The maximum atomic E-state index is 5.94. The predicted molar refractivity (Wildman–Crippen MR) is 74.6 cm³/mol. The summed E-state index contributed by atoms with van der Waals surface area (Å²) in [6, 6.07) is 7.35. The molecule has 1 atom stereocenters. The Bertz CT molecular complexity index is 373. The number of nitrogens with zero attached hydrogens (tertiary/aromatic N) is 1. The summed E-state index contributed by atoms with van der Waals surface area (Å²) in [5, 5.41) is 0. The van der Waals surface area contributed by atoms with Gasteiger partial charge in [-0.2, -0.15) is 0 Å². The monoisotopic (exact) mass is 232 g/mol. The van der Waals surface area contributed by atoms with Gasteiger partial charge in [0.2, 0.25) is 0 Å². The van der Waals surface area contributed by atoms with Crippen LogP contribution >= 0.6 is 0 Å². The third-order valence-electron chi connectivity index (χ3n) is 3.72. The fourth-order valence-corrected chi connectivity index (χ4v) is 2.87. The number of aryl methyl sites for hydroxylation is 2. The number of fused-ring (bicyclic) bond motifs is 1. The minimum atomic E-state index is 0.516. The first kappa shape index (κ1) is 12.4. The number of anilines is 1. The molecular weight excluding hydrogens is 208 g/mol. The lowest BCUT2D eigenvalue weighted by Crippen LogP contribution is -2.43. The minimum Gasteiger partial charge on any atom is -0.367 e. The minimum absolute atomic E-state index is 0.516. The van der Waals surface area contributed by atoms with E-state index in [2.05, 4.69) is 36.9 Å². The SMILES string of the molecule is CCCC(CN)N1CCCc2cc(C)ccc21. The van der Waals surface area contributed by atoms with Crippen molar-refractivity contribution in [1.29, 1.82) is 0 Å². The lowest BCUT2D eigenvalue weighted by Gasteiger charge is -2.37. The average molecular weight is 232 g/mol. The van der Waals surface area contributed by atoms with Gasteiger partial charge in [0, 0.05) is 24.8 Å². The summed E-state index contributed by atoms with van der Waals surface area (Å²) in [7, 11) is 0. The molecule has 0 bridgehead atoms. The normalized spacial score (nSPS) is 16.8. The van der Waals surface area contributed by atoms with Crippen molar-refractivity contribution >= 4 is 5.69 Å². The molecule has 1 unspecified atom stereocenters. The Labute approximate surface area is 105 Å². The number of nitrogens with two attached hydrogens (primary N) is 1. The van der Waals surface area contributed by atoms with Crippen LogP contribution in [0.25, 0.3) is 0 Å². The second-order valence-corrected chi connectivity index (χ2v) is 5.11. The molecule has 0 radical (unpaired) electrons. The highest BCUT2D eigenvalue weighted by atomic mass is 15.2. The molecular formula is C15H24N2. The van der Waals surface area contributed by atoms with Crippen molar-refractivity contribution in [3.63, 3.8) is 0 Å². The van der Waals surface area contributed by atoms with Crippen LogP contribution in [0.4, 0.5) is 5.69 Å². The van der Waals surface area contributed by atoms with E-state index in [1.807, 2.05) is 0 Å². The zero-order valence-electron chi connectivity index (χ0n) is 11.1. The molecule has 17 heavy (non-hydrogen) atoms. The van der Waals surface area contributed by atoms with Crippen LogP contribution in [-0.4, -0.2) is 19.1 Å².